The lowest BCUT2D eigenvalue weighted by atomic mass is 10.2. The molecule has 0 saturated carbocycles. The normalized spacial score (nSPS) is 12.3. The molecule has 88 valence electrons. The Morgan fingerprint density at radius 2 is 2.00 bits per heavy atom. The number of hydrogen-bond donors (Lipinski definition) is 2. The number of halogens is 3. The molecule has 6 heteroatoms. The van der Waals surface area contributed by atoms with E-state index in [2.05, 4.69) is 5.32 Å². The highest BCUT2D eigenvalue weighted by Gasteiger charge is 2.17. The van der Waals surface area contributed by atoms with Gasteiger partial charge in [0.1, 0.15) is 0 Å². The lowest BCUT2D eigenvalue weighted by Crippen LogP contribution is -2.35. The van der Waals surface area contributed by atoms with Gasteiger partial charge in [-0.2, -0.15) is 0 Å². The van der Waals surface area contributed by atoms with E-state index in [1.54, 1.807) is 6.92 Å². The zero-order chi connectivity index (χ0) is 12.3. The summed E-state index contributed by atoms with van der Waals surface area (Å²) in [5.41, 5.74) is 4.96. The highest BCUT2D eigenvalue weighted by Crippen LogP contribution is 2.19. The van der Waals surface area contributed by atoms with Gasteiger partial charge in [-0.1, -0.05) is 6.92 Å². The van der Waals surface area contributed by atoms with Crippen molar-refractivity contribution in [3.63, 3.8) is 0 Å². The first-order chi connectivity index (χ1) is 7.47. The third-order valence-corrected chi connectivity index (χ3v) is 2.07. The lowest BCUT2D eigenvalue weighted by Gasteiger charge is -2.10. The van der Waals surface area contributed by atoms with Gasteiger partial charge in [0.15, 0.2) is 17.5 Å². The minimum atomic E-state index is -1.62. The molecule has 0 radical (unpaired) electrons. The number of hydrogen-bond acceptors (Lipinski definition) is 2. The van der Waals surface area contributed by atoms with E-state index in [0.29, 0.717) is 6.42 Å². The van der Waals surface area contributed by atoms with E-state index in [-0.39, 0.29) is 0 Å². The molecule has 0 unspecified atom stereocenters. The minimum absolute atomic E-state index is 0.358. The summed E-state index contributed by atoms with van der Waals surface area (Å²) < 4.78 is 38.5. The van der Waals surface area contributed by atoms with Crippen LogP contribution in [-0.2, 0) is 4.79 Å². The number of nitrogens with two attached hydrogens (primary N) is 1. The van der Waals surface area contributed by atoms with Crippen LogP contribution in [0, 0.1) is 17.5 Å². The molecule has 1 aromatic carbocycles. The second-order valence-corrected chi connectivity index (χ2v) is 3.23. The van der Waals surface area contributed by atoms with Gasteiger partial charge in [-0.3, -0.25) is 4.79 Å². The fraction of sp³-hybridized carbons (Fsp3) is 0.300. The summed E-state index contributed by atoms with van der Waals surface area (Å²) in [7, 11) is 0. The Hall–Kier alpha value is -1.56. The summed E-state index contributed by atoms with van der Waals surface area (Å²) in [6.45, 7) is 1.67. The third kappa shape index (κ3) is 2.52. The number of nitrogens with one attached hydrogen (secondary N) is 1. The average Bonchev–Trinajstić information content (AvgIpc) is 2.28. The maximum absolute atomic E-state index is 13.1. The first-order valence-corrected chi connectivity index (χ1v) is 4.67. The number of carbonyl (C=O) groups excluding carboxylic acids is 1. The van der Waals surface area contributed by atoms with Crippen molar-refractivity contribution in [1.29, 1.82) is 0 Å². The Kier molecular flexibility index (Phi) is 3.89. The summed E-state index contributed by atoms with van der Waals surface area (Å²) in [5.74, 6) is -5.01. The maximum atomic E-state index is 13.1. The first-order valence-electron chi connectivity index (χ1n) is 4.67. The molecule has 1 atom stereocenters. The van der Waals surface area contributed by atoms with Crippen LogP contribution in [0.2, 0.25) is 0 Å². The van der Waals surface area contributed by atoms with Gasteiger partial charge in [-0.05, 0) is 18.6 Å². The number of benzene rings is 1. The Labute approximate surface area is 90.4 Å². The number of amides is 1. The monoisotopic (exact) mass is 232 g/mol. The molecule has 0 heterocycles. The molecule has 0 aliphatic heterocycles. The van der Waals surface area contributed by atoms with Crippen molar-refractivity contribution >= 4 is 11.6 Å². The van der Waals surface area contributed by atoms with E-state index >= 15 is 0 Å². The molecule has 3 nitrogen and oxygen atoms in total. The predicted octanol–water partition coefficient (Wildman–Crippen LogP) is 1.78. The molecular weight excluding hydrogens is 221 g/mol. The molecule has 0 aromatic heterocycles. The topological polar surface area (TPSA) is 55.1 Å². The summed E-state index contributed by atoms with van der Waals surface area (Å²) in [6.07, 6.45) is 0.358. The van der Waals surface area contributed by atoms with Crippen LogP contribution in [-0.4, -0.2) is 11.9 Å². The van der Waals surface area contributed by atoms with E-state index in [0.717, 1.165) is 12.1 Å². The quantitative estimate of drug-likeness (QED) is 0.780. The molecule has 3 N–H and O–H groups in total. The summed E-state index contributed by atoms with van der Waals surface area (Å²) >= 11 is 0. The van der Waals surface area contributed by atoms with Gasteiger partial charge in [0.25, 0.3) is 0 Å². The number of carbonyl (C=O) groups is 1. The maximum Gasteiger partial charge on any atom is 0.241 e. The van der Waals surface area contributed by atoms with E-state index in [1.165, 1.54) is 0 Å². The van der Waals surface area contributed by atoms with Crippen molar-refractivity contribution in [2.45, 2.75) is 19.4 Å². The molecule has 0 spiro atoms. The molecule has 0 aliphatic carbocycles. The summed E-state index contributed by atoms with van der Waals surface area (Å²) in [6, 6.07) is 0.854. The fourth-order valence-electron chi connectivity index (χ4n) is 1.03. The molecule has 0 aliphatic rings. The molecule has 16 heavy (non-hydrogen) atoms. The Bertz CT molecular complexity index is 409. The fourth-order valence-corrected chi connectivity index (χ4v) is 1.03. The molecule has 1 rings (SSSR count). The van der Waals surface area contributed by atoms with Gasteiger partial charge in [-0.25, -0.2) is 13.2 Å². The van der Waals surface area contributed by atoms with E-state index in [1.807, 2.05) is 0 Å². The van der Waals surface area contributed by atoms with Crippen molar-refractivity contribution in [3.05, 3.63) is 29.6 Å². The summed E-state index contributed by atoms with van der Waals surface area (Å²) in [4.78, 5) is 11.3. The molecule has 1 aromatic rings. The van der Waals surface area contributed by atoms with Gasteiger partial charge >= 0.3 is 0 Å². The average molecular weight is 232 g/mol. The van der Waals surface area contributed by atoms with Crippen molar-refractivity contribution in [1.82, 2.24) is 0 Å². The number of rotatable bonds is 3. The first kappa shape index (κ1) is 12.5. The largest absolute Gasteiger partial charge is 0.322 e. The third-order valence-electron chi connectivity index (χ3n) is 2.07. The van der Waals surface area contributed by atoms with Crippen molar-refractivity contribution in [2.75, 3.05) is 5.32 Å². The molecule has 0 fully saturated rings. The smallest absolute Gasteiger partial charge is 0.241 e. The SMILES string of the molecule is CC[C@H](N)C(=O)Nc1ccc(F)c(F)c1F. The van der Waals surface area contributed by atoms with Gasteiger partial charge in [-0.15, -0.1) is 0 Å². The van der Waals surface area contributed by atoms with Gasteiger partial charge < -0.3 is 11.1 Å². The zero-order valence-corrected chi connectivity index (χ0v) is 8.56. The van der Waals surface area contributed by atoms with Gasteiger partial charge in [0, 0.05) is 0 Å². The van der Waals surface area contributed by atoms with Crippen molar-refractivity contribution in [2.24, 2.45) is 5.73 Å². The highest BCUT2D eigenvalue weighted by molar-refractivity contribution is 5.94. The van der Waals surface area contributed by atoms with Crippen LogP contribution in [0.15, 0.2) is 12.1 Å². The Balaban J connectivity index is 2.91. The minimum Gasteiger partial charge on any atom is -0.322 e. The van der Waals surface area contributed by atoms with Crippen LogP contribution >= 0.6 is 0 Å². The molecular formula is C10H11F3N2O. The standard InChI is InChI=1S/C10H11F3N2O/c1-2-6(14)10(16)15-7-4-3-5(11)8(12)9(7)13/h3-4,6H,2,14H2,1H3,(H,15,16)/t6-/m0/s1. The van der Waals surface area contributed by atoms with E-state index < -0.39 is 35.1 Å². The van der Waals surface area contributed by atoms with Crippen LogP contribution in [0.25, 0.3) is 0 Å². The predicted molar refractivity (Wildman–Crippen MR) is 53.2 cm³/mol. The Morgan fingerprint density at radius 3 is 2.56 bits per heavy atom. The molecule has 0 saturated heterocycles. The van der Waals surface area contributed by atoms with Crippen LogP contribution in [0.5, 0.6) is 0 Å². The van der Waals surface area contributed by atoms with Crippen LogP contribution in [0.3, 0.4) is 0 Å². The second-order valence-electron chi connectivity index (χ2n) is 3.23. The zero-order valence-electron chi connectivity index (χ0n) is 8.56. The van der Waals surface area contributed by atoms with Crippen LogP contribution in [0.4, 0.5) is 18.9 Å². The Morgan fingerprint density at radius 1 is 1.38 bits per heavy atom. The van der Waals surface area contributed by atoms with Crippen LogP contribution < -0.4 is 11.1 Å². The van der Waals surface area contributed by atoms with E-state index in [9.17, 15) is 18.0 Å². The second kappa shape index (κ2) is 4.98. The number of anilines is 1. The van der Waals surface area contributed by atoms with Gasteiger partial charge in [0.2, 0.25) is 5.91 Å². The van der Waals surface area contributed by atoms with Gasteiger partial charge in [0.05, 0.1) is 11.7 Å². The summed E-state index contributed by atoms with van der Waals surface area (Å²) in [5, 5.41) is 2.08. The lowest BCUT2D eigenvalue weighted by molar-refractivity contribution is -0.117. The van der Waals surface area contributed by atoms with Crippen LogP contribution in [0.1, 0.15) is 13.3 Å². The van der Waals surface area contributed by atoms with Crippen molar-refractivity contribution in [3.8, 4) is 0 Å². The highest BCUT2D eigenvalue weighted by atomic mass is 19.2. The van der Waals surface area contributed by atoms with E-state index in [4.69, 9.17) is 5.73 Å². The van der Waals surface area contributed by atoms with Crippen molar-refractivity contribution < 1.29 is 18.0 Å². The molecule has 1 amide bonds. The molecule has 0 bridgehead atoms.